The van der Waals surface area contributed by atoms with Crippen molar-refractivity contribution in [2.24, 2.45) is 0 Å². The molecule has 3 aromatic carbocycles. The first-order valence-electron chi connectivity index (χ1n) is 9.65. The quantitative estimate of drug-likeness (QED) is 0.352. The normalized spacial score (nSPS) is 11.2. The number of aryl methyl sites for hydroxylation is 2. The van der Waals surface area contributed by atoms with E-state index in [4.69, 9.17) is 4.74 Å². The number of hydrogen-bond donors (Lipinski definition) is 2. The number of nitrogens with one attached hydrogen (secondary N) is 1. The number of methoxy groups -OCH3 is 1. The second kappa shape index (κ2) is 9.72. The SMILES string of the molecule is COc1ccc(S(=O)(=O)N(Cc2ccccc2Br)c2c(C)cc(C)cc2C(=O)NO)cc1. The van der Waals surface area contributed by atoms with Crippen molar-refractivity contribution in [3.05, 3.63) is 87.4 Å². The van der Waals surface area contributed by atoms with Gasteiger partial charge in [0.25, 0.3) is 15.9 Å². The minimum Gasteiger partial charge on any atom is -0.497 e. The first-order valence-corrected chi connectivity index (χ1v) is 11.9. The van der Waals surface area contributed by atoms with E-state index in [1.165, 1.54) is 23.5 Å². The van der Waals surface area contributed by atoms with Crippen LogP contribution in [-0.4, -0.2) is 26.6 Å². The van der Waals surface area contributed by atoms with Crippen LogP contribution in [0.4, 0.5) is 5.69 Å². The Morgan fingerprint density at radius 3 is 2.34 bits per heavy atom. The molecule has 168 valence electrons. The third-order valence-corrected chi connectivity index (χ3v) is 7.49. The zero-order chi connectivity index (χ0) is 23.5. The van der Waals surface area contributed by atoms with E-state index in [0.29, 0.717) is 16.9 Å². The molecule has 0 aliphatic rings. The molecule has 0 heterocycles. The molecule has 0 saturated heterocycles. The van der Waals surface area contributed by atoms with Crippen molar-refractivity contribution in [1.29, 1.82) is 0 Å². The van der Waals surface area contributed by atoms with Crippen molar-refractivity contribution in [3.63, 3.8) is 0 Å². The second-order valence-corrected chi connectivity index (χ2v) is 9.91. The Morgan fingerprint density at radius 1 is 1.09 bits per heavy atom. The highest BCUT2D eigenvalue weighted by atomic mass is 79.9. The average Bonchev–Trinajstić information content (AvgIpc) is 2.78. The van der Waals surface area contributed by atoms with Crippen molar-refractivity contribution in [2.45, 2.75) is 25.3 Å². The van der Waals surface area contributed by atoms with Crippen molar-refractivity contribution < 1.29 is 23.2 Å². The molecule has 3 rings (SSSR count). The summed E-state index contributed by atoms with van der Waals surface area (Å²) in [5.41, 5.74) is 3.91. The number of carbonyl (C=O) groups is 1. The Labute approximate surface area is 195 Å². The molecule has 0 aliphatic heterocycles. The molecule has 0 aliphatic carbocycles. The highest BCUT2D eigenvalue weighted by Crippen LogP contribution is 2.34. The third kappa shape index (κ3) is 4.79. The molecular formula is C23H23BrN2O5S. The van der Waals surface area contributed by atoms with Crippen LogP contribution in [0.15, 0.2) is 70.0 Å². The number of sulfonamides is 1. The first-order chi connectivity index (χ1) is 15.2. The summed E-state index contributed by atoms with van der Waals surface area (Å²) in [7, 11) is -2.60. The molecule has 0 unspecified atom stereocenters. The van der Waals surface area contributed by atoms with Gasteiger partial charge < -0.3 is 4.74 Å². The van der Waals surface area contributed by atoms with Crippen LogP contribution >= 0.6 is 15.9 Å². The van der Waals surface area contributed by atoms with Gasteiger partial charge in [-0.3, -0.25) is 14.3 Å². The van der Waals surface area contributed by atoms with E-state index < -0.39 is 15.9 Å². The number of amides is 1. The Morgan fingerprint density at radius 2 is 1.75 bits per heavy atom. The molecule has 2 N–H and O–H groups in total. The number of rotatable bonds is 7. The summed E-state index contributed by atoms with van der Waals surface area (Å²) < 4.78 is 34.7. The molecule has 0 radical (unpaired) electrons. The lowest BCUT2D eigenvalue weighted by atomic mass is 10.0. The van der Waals surface area contributed by atoms with Gasteiger partial charge in [-0.1, -0.05) is 40.2 Å². The molecule has 0 bridgehead atoms. The number of halogens is 1. The van der Waals surface area contributed by atoms with Gasteiger partial charge in [-0.05, 0) is 66.9 Å². The van der Waals surface area contributed by atoms with Crippen molar-refractivity contribution in [3.8, 4) is 5.75 Å². The number of carbonyl (C=O) groups excluding carboxylic acids is 1. The Balaban J connectivity index is 2.27. The van der Waals surface area contributed by atoms with Crippen LogP contribution in [0, 0.1) is 13.8 Å². The zero-order valence-electron chi connectivity index (χ0n) is 17.8. The first kappa shape index (κ1) is 23.8. The van der Waals surface area contributed by atoms with E-state index in [1.54, 1.807) is 49.7 Å². The fourth-order valence-corrected chi connectivity index (χ4v) is 5.40. The fourth-order valence-electron chi connectivity index (χ4n) is 3.46. The molecule has 1 amide bonds. The summed E-state index contributed by atoms with van der Waals surface area (Å²) in [6.45, 7) is 3.49. The predicted molar refractivity (Wildman–Crippen MR) is 126 cm³/mol. The molecule has 0 aromatic heterocycles. The number of anilines is 1. The monoisotopic (exact) mass is 518 g/mol. The zero-order valence-corrected chi connectivity index (χ0v) is 20.2. The molecular weight excluding hydrogens is 496 g/mol. The third-order valence-electron chi connectivity index (χ3n) is 4.96. The van der Waals surface area contributed by atoms with Gasteiger partial charge in [0, 0.05) is 4.47 Å². The van der Waals surface area contributed by atoms with Gasteiger partial charge in [0.05, 0.1) is 29.8 Å². The van der Waals surface area contributed by atoms with E-state index in [9.17, 15) is 18.4 Å². The van der Waals surface area contributed by atoms with Crippen molar-refractivity contribution in [2.75, 3.05) is 11.4 Å². The molecule has 0 saturated carbocycles. The summed E-state index contributed by atoms with van der Waals surface area (Å²) >= 11 is 3.47. The van der Waals surface area contributed by atoms with Crippen LogP contribution in [0.3, 0.4) is 0 Å². The smallest absolute Gasteiger partial charge is 0.276 e. The minimum atomic E-state index is -4.10. The van der Waals surface area contributed by atoms with Crippen LogP contribution in [0.5, 0.6) is 5.75 Å². The number of nitrogens with zero attached hydrogens (tertiary/aromatic N) is 1. The maximum absolute atomic E-state index is 13.8. The maximum atomic E-state index is 13.8. The van der Waals surface area contributed by atoms with E-state index in [0.717, 1.165) is 10.0 Å². The summed E-state index contributed by atoms with van der Waals surface area (Å²) in [5.74, 6) is -0.276. The van der Waals surface area contributed by atoms with Crippen LogP contribution in [0.2, 0.25) is 0 Å². The van der Waals surface area contributed by atoms with Gasteiger partial charge in [0.2, 0.25) is 0 Å². The summed E-state index contributed by atoms with van der Waals surface area (Å²) in [4.78, 5) is 12.5. The summed E-state index contributed by atoms with van der Waals surface area (Å²) in [6, 6.07) is 16.6. The Kier molecular flexibility index (Phi) is 7.22. The maximum Gasteiger partial charge on any atom is 0.276 e. The second-order valence-electron chi connectivity index (χ2n) is 7.20. The minimum absolute atomic E-state index is 0.0363. The van der Waals surface area contributed by atoms with Crippen LogP contribution in [-0.2, 0) is 16.6 Å². The molecule has 7 nitrogen and oxygen atoms in total. The highest BCUT2D eigenvalue weighted by Gasteiger charge is 2.31. The van der Waals surface area contributed by atoms with Crippen LogP contribution < -0.4 is 14.5 Å². The average molecular weight is 519 g/mol. The van der Waals surface area contributed by atoms with E-state index >= 15 is 0 Å². The van der Waals surface area contributed by atoms with E-state index in [-0.39, 0.29) is 22.7 Å². The van der Waals surface area contributed by atoms with Gasteiger partial charge in [0.15, 0.2) is 0 Å². The molecule has 32 heavy (non-hydrogen) atoms. The lowest BCUT2D eigenvalue weighted by molar-refractivity contribution is 0.0707. The number of ether oxygens (including phenoxy) is 1. The largest absolute Gasteiger partial charge is 0.497 e. The number of hydrogen-bond acceptors (Lipinski definition) is 5. The van der Waals surface area contributed by atoms with Gasteiger partial charge in [0.1, 0.15) is 5.75 Å². The van der Waals surface area contributed by atoms with E-state index in [2.05, 4.69) is 15.9 Å². The Hall–Kier alpha value is -2.88. The standard InChI is InChI=1S/C23H23BrN2O5S/c1-15-12-16(2)22(20(13-15)23(27)25-28)26(14-17-6-4-5-7-21(17)24)32(29,30)19-10-8-18(31-3)9-11-19/h4-13,28H,14H2,1-3H3,(H,25,27). The fraction of sp³-hybridized carbons (Fsp3) is 0.174. The molecule has 0 fully saturated rings. The van der Waals surface area contributed by atoms with Gasteiger partial charge in [-0.15, -0.1) is 0 Å². The van der Waals surface area contributed by atoms with Gasteiger partial charge in [-0.25, -0.2) is 13.9 Å². The summed E-state index contributed by atoms with van der Waals surface area (Å²) in [5, 5.41) is 9.30. The summed E-state index contributed by atoms with van der Waals surface area (Å²) in [6.07, 6.45) is 0. The topological polar surface area (TPSA) is 95.9 Å². The van der Waals surface area contributed by atoms with Crippen molar-refractivity contribution >= 4 is 37.5 Å². The van der Waals surface area contributed by atoms with Crippen molar-refractivity contribution in [1.82, 2.24) is 5.48 Å². The number of benzene rings is 3. The molecule has 0 atom stereocenters. The lowest BCUT2D eigenvalue weighted by Gasteiger charge is -2.28. The molecule has 3 aromatic rings. The molecule has 0 spiro atoms. The number of hydroxylamine groups is 1. The predicted octanol–water partition coefficient (Wildman–Crippen LogP) is 4.59. The molecule has 9 heteroatoms. The lowest BCUT2D eigenvalue weighted by Crippen LogP contribution is -2.34. The van der Waals surface area contributed by atoms with Gasteiger partial charge in [-0.2, -0.15) is 0 Å². The Bertz CT molecular complexity index is 1240. The van der Waals surface area contributed by atoms with Crippen LogP contribution in [0.25, 0.3) is 0 Å². The highest BCUT2D eigenvalue weighted by molar-refractivity contribution is 9.10. The van der Waals surface area contributed by atoms with E-state index in [1.807, 2.05) is 18.2 Å². The van der Waals surface area contributed by atoms with Gasteiger partial charge >= 0.3 is 0 Å². The van der Waals surface area contributed by atoms with Crippen LogP contribution in [0.1, 0.15) is 27.0 Å².